The van der Waals surface area contributed by atoms with Crippen LogP contribution in [0, 0.1) is 6.92 Å². The molecule has 0 aromatic carbocycles. The molecule has 0 aliphatic heterocycles. The van der Waals surface area contributed by atoms with E-state index in [1.165, 1.54) is 12.8 Å². The van der Waals surface area contributed by atoms with Gasteiger partial charge in [-0.25, -0.2) is 0 Å². The Bertz CT molecular complexity index is 24.4. The van der Waals surface area contributed by atoms with E-state index in [2.05, 4.69) is 13.8 Å². The number of rotatable bonds is 2. The zero-order chi connectivity index (χ0) is 6.83. The van der Waals surface area contributed by atoms with E-state index in [1.54, 1.807) is 0 Å². The first-order valence-electron chi connectivity index (χ1n) is 2.47. The van der Waals surface area contributed by atoms with Crippen LogP contribution in [0.2, 0.25) is 0 Å². The van der Waals surface area contributed by atoms with Gasteiger partial charge in [-0.15, -0.1) is 0 Å². The summed E-state index contributed by atoms with van der Waals surface area (Å²) in [6.07, 6.45) is 3.65. The summed E-state index contributed by atoms with van der Waals surface area (Å²) >= 11 is -0.346. The van der Waals surface area contributed by atoms with Crippen LogP contribution in [-0.4, -0.2) is 0 Å². The molecule has 0 spiro atoms. The van der Waals surface area contributed by atoms with Crippen molar-refractivity contribution in [2.24, 2.45) is 0 Å². The van der Waals surface area contributed by atoms with Gasteiger partial charge in [0.15, 0.2) is 0 Å². The predicted octanol–water partition coefficient (Wildman–Crippen LogP) is 3.39. The normalized spacial score (nSPS) is 8.00. The molecule has 0 aliphatic carbocycles. The van der Waals surface area contributed by atoms with E-state index >= 15 is 0 Å². The second-order valence-electron chi connectivity index (χ2n) is 1.26. The summed E-state index contributed by atoms with van der Waals surface area (Å²) in [7, 11) is 9.71. The fraction of sp³-hybridized carbons (Fsp3) is 0.800. The minimum atomic E-state index is -0.346. The standard InChI is InChI=1S/C5H11.2ClH.Ru/c1-3-5-4-2;;;/h1,3-5H2,2H3;2*1H;/q-1;;;+2/p-2. The predicted molar refractivity (Wildman–Crippen MR) is 36.6 cm³/mol. The van der Waals surface area contributed by atoms with Gasteiger partial charge in [-0.2, -0.15) is 6.42 Å². The Hall–Kier alpha value is 1.20. The first-order chi connectivity index (χ1) is 3.83. The van der Waals surface area contributed by atoms with Gasteiger partial charge in [-0.1, -0.05) is 19.8 Å². The molecule has 0 aromatic rings. The third-order valence-corrected chi connectivity index (χ3v) is 0.604. The Labute approximate surface area is 67.6 Å². The first kappa shape index (κ1) is 11.9. The van der Waals surface area contributed by atoms with Crippen molar-refractivity contribution in [2.45, 2.75) is 26.2 Å². The van der Waals surface area contributed by atoms with Crippen LogP contribution in [0.15, 0.2) is 0 Å². The number of hydrogen-bond donors (Lipinski definition) is 0. The molecule has 0 fully saturated rings. The van der Waals surface area contributed by atoms with Gasteiger partial charge in [0.1, 0.15) is 0 Å². The van der Waals surface area contributed by atoms with Gasteiger partial charge in [0.2, 0.25) is 0 Å². The molecule has 0 aliphatic rings. The molecule has 54 valence electrons. The topological polar surface area (TPSA) is 0 Å². The maximum atomic E-state index is 4.85. The van der Waals surface area contributed by atoms with Crippen molar-refractivity contribution >= 4 is 19.4 Å². The van der Waals surface area contributed by atoms with Gasteiger partial charge < -0.3 is 6.92 Å². The van der Waals surface area contributed by atoms with Crippen molar-refractivity contribution in [3.8, 4) is 0 Å². The van der Waals surface area contributed by atoms with Crippen molar-refractivity contribution < 1.29 is 15.1 Å². The molecule has 0 radical (unpaired) electrons. The van der Waals surface area contributed by atoms with Crippen LogP contribution >= 0.6 is 19.4 Å². The monoisotopic (exact) mass is 243 g/mol. The second-order valence-corrected chi connectivity index (χ2v) is 3.90. The summed E-state index contributed by atoms with van der Waals surface area (Å²) in [5, 5.41) is 0. The summed E-state index contributed by atoms with van der Waals surface area (Å²) in [4.78, 5) is 0. The molecule has 0 unspecified atom stereocenters. The van der Waals surface area contributed by atoms with Gasteiger partial charge in [0, 0.05) is 0 Å². The Morgan fingerprint density at radius 1 is 1.50 bits per heavy atom. The van der Waals surface area contributed by atoms with Gasteiger partial charge >= 0.3 is 34.5 Å². The van der Waals surface area contributed by atoms with Crippen LogP contribution in [0.4, 0.5) is 0 Å². The van der Waals surface area contributed by atoms with Crippen molar-refractivity contribution in [3.05, 3.63) is 6.92 Å². The zero-order valence-corrected chi connectivity index (χ0v) is 8.19. The molecular formula is C5H11Cl2Ru-. The van der Waals surface area contributed by atoms with Crippen LogP contribution in [-0.2, 0) is 15.1 Å². The van der Waals surface area contributed by atoms with E-state index in [0.29, 0.717) is 0 Å². The number of hydrogen-bond acceptors (Lipinski definition) is 0. The fourth-order valence-electron chi connectivity index (χ4n) is 0.250. The SMILES string of the molecule is [CH2-]CCCC.[Cl][Ru][Cl]. The summed E-state index contributed by atoms with van der Waals surface area (Å²) in [5.74, 6) is 0. The van der Waals surface area contributed by atoms with Crippen molar-refractivity contribution in [2.75, 3.05) is 0 Å². The summed E-state index contributed by atoms with van der Waals surface area (Å²) < 4.78 is 0. The molecule has 0 bridgehead atoms. The summed E-state index contributed by atoms with van der Waals surface area (Å²) in [6, 6.07) is 0. The van der Waals surface area contributed by atoms with E-state index in [0.717, 1.165) is 6.42 Å². The van der Waals surface area contributed by atoms with Gasteiger partial charge in [0.25, 0.3) is 0 Å². The molecule has 8 heavy (non-hydrogen) atoms. The Morgan fingerprint density at radius 2 is 1.88 bits per heavy atom. The van der Waals surface area contributed by atoms with Crippen LogP contribution in [0.25, 0.3) is 0 Å². The van der Waals surface area contributed by atoms with Crippen molar-refractivity contribution in [1.82, 2.24) is 0 Å². The van der Waals surface area contributed by atoms with Crippen molar-refractivity contribution in [1.29, 1.82) is 0 Å². The van der Waals surface area contributed by atoms with Gasteiger partial charge in [-0.05, 0) is 0 Å². The molecule has 0 saturated heterocycles. The van der Waals surface area contributed by atoms with Crippen molar-refractivity contribution in [3.63, 3.8) is 0 Å². The van der Waals surface area contributed by atoms with Crippen LogP contribution in [0.1, 0.15) is 26.2 Å². The Balaban J connectivity index is 0. The fourth-order valence-corrected chi connectivity index (χ4v) is 0.250. The van der Waals surface area contributed by atoms with Crippen LogP contribution < -0.4 is 0 Å². The van der Waals surface area contributed by atoms with Crippen LogP contribution in [0.3, 0.4) is 0 Å². The van der Waals surface area contributed by atoms with E-state index in [-0.39, 0.29) is 15.1 Å². The number of unbranched alkanes of at least 4 members (excludes halogenated alkanes) is 2. The minimum absolute atomic E-state index is 0.346. The molecule has 0 aromatic heterocycles. The van der Waals surface area contributed by atoms with E-state index in [4.69, 9.17) is 19.4 Å². The third-order valence-electron chi connectivity index (χ3n) is 0.604. The quantitative estimate of drug-likeness (QED) is 0.515. The van der Waals surface area contributed by atoms with E-state index in [9.17, 15) is 0 Å². The molecule has 0 heterocycles. The molecule has 0 rings (SSSR count). The molecule has 0 N–H and O–H groups in total. The summed E-state index contributed by atoms with van der Waals surface area (Å²) in [6.45, 7) is 5.85. The first-order valence-corrected chi connectivity index (χ1v) is 6.95. The average Bonchev–Trinajstić information content (AvgIpc) is 1.71. The Morgan fingerprint density at radius 3 is 1.88 bits per heavy atom. The van der Waals surface area contributed by atoms with E-state index in [1.807, 2.05) is 0 Å². The Kier molecular flexibility index (Phi) is 23.5. The van der Waals surface area contributed by atoms with E-state index < -0.39 is 0 Å². The molecular weight excluding hydrogens is 232 g/mol. The maximum absolute atomic E-state index is 4.85. The molecule has 3 heteroatoms. The number of halogens is 2. The van der Waals surface area contributed by atoms with Gasteiger partial charge in [-0.3, -0.25) is 0 Å². The molecule has 0 amide bonds. The van der Waals surface area contributed by atoms with Gasteiger partial charge in [0.05, 0.1) is 0 Å². The van der Waals surface area contributed by atoms with Crippen LogP contribution in [0.5, 0.6) is 0 Å². The average molecular weight is 243 g/mol. The third kappa shape index (κ3) is 27.0. The summed E-state index contributed by atoms with van der Waals surface area (Å²) in [5.41, 5.74) is 0. The molecule has 0 nitrogen and oxygen atoms in total. The zero-order valence-electron chi connectivity index (χ0n) is 4.94. The molecule has 0 saturated carbocycles. The molecule has 0 atom stereocenters. The second kappa shape index (κ2) is 15.7.